The molecule has 164 valence electrons. The standard InChI is InChI=1S/C25H16N6O3/c26-29-28-20-14-9-15(23(20)32)31-13-8-4-2-6-11(13)17-19-18(24(33)27-25(19)34)16-10-5-1-3-7-12(10)30(14)21(16)22(17)31/h1-8,14-15,20,23,32H,9H2,(H,27,33,34)/t14?,15?,20?,23-/m1/s1. The third kappa shape index (κ3) is 1.80. The van der Waals surface area contributed by atoms with Gasteiger partial charge >= 0.3 is 0 Å². The minimum Gasteiger partial charge on any atom is -0.390 e. The first-order valence-electron chi connectivity index (χ1n) is 11.2. The Morgan fingerprint density at radius 3 is 1.97 bits per heavy atom. The first-order chi connectivity index (χ1) is 16.6. The predicted molar refractivity (Wildman–Crippen MR) is 126 cm³/mol. The van der Waals surface area contributed by atoms with Gasteiger partial charge in [0.25, 0.3) is 11.8 Å². The number of hydrogen-bond acceptors (Lipinski definition) is 4. The average molecular weight is 448 g/mol. The highest BCUT2D eigenvalue weighted by molar-refractivity contribution is 6.39. The molecule has 8 rings (SSSR count). The van der Waals surface area contributed by atoms with Crippen LogP contribution in [0.5, 0.6) is 0 Å². The third-order valence-corrected chi connectivity index (χ3v) is 7.95. The molecule has 2 bridgehead atoms. The van der Waals surface area contributed by atoms with Gasteiger partial charge in [-0.1, -0.05) is 41.5 Å². The summed E-state index contributed by atoms with van der Waals surface area (Å²) in [6.07, 6.45) is -0.334. The zero-order valence-corrected chi connectivity index (χ0v) is 17.6. The molecule has 2 N–H and O–H groups in total. The molecule has 3 aromatic carbocycles. The lowest BCUT2D eigenvalue weighted by molar-refractivity contribution is 0.0880. The lowest BCUT2D eigenvalue weighted by atomic mass is 9.96. The molecule has 3 aliphatic rings. The van der Waals surface area contributed by atoms with Gasteiger partial charge < -0.3 is 14.2 Å². The predicted octanol–water partition coefficient (Wildman–Crippen LogP) is 4.33. The van der Waals surface area contributed by atoms with Crippen LogP contribution < -0.4 is 5.32 Å². The van der Waals surface area contributed by atoms with Crippen LogP contribution in [-0.2, 0) is 0 Å². The van der Waals surface area contributed by atoms with E-state index in [1.54, 1.807) is 0 Å². The fourth-order valence-electron chi connectivity index (χ4n) is 6.82. The summed E-state index contributed by atoms with van der Waals surface area (Å²) in [6, 6.07) is 14.2. The second-order valence-corrected chi connectivity index (χ2v) is 9.31. The van der Waals surface area contributed by atoms with Crippen LogP contribution in [0.25, 0.3) is 54.1 Å². The van der Waals surface area contributed by atoms with Crippen LogP contribution in [0.2, 0.25) is 0 Å². The van der Waals surface area contributed by atoms with Gasteiger partial charge in [0, 0.05) is 43.5 Å². The number of fused-ring (bicyclic) bond motifs is 13. The van der Waals surface area contributed by atoms with E-state index in [1.807, 2.05) is 48.5 Å². The number of amides is 2. The topological polar surface area (TPSA) is 125 Å². The highest BCUT2D eigenvalue weighted by Gasteiger charge is 2.49. The molecule has 3 unspecified atom stereocenters. The number of aliphatic hydroxyl groups excluding tert-OH is 1. The monoisotopic (exact) mass is 448 g/mol. The highest BCUT2D eigenvalue weighted by atomic mass is 16.3. The number of nitrogens with one attached hydrogen (secondary N) is 1. The fourth-order valence-corrected chi connectivity index (χ4v) is 6.82. The number of nitrogens with zero attached hydrogens (tertiary/aromatic N) is 5. The fraction of sp³-hybridized carbons (Fsp3) is 0.200. The van der Waals surface area contributed by atoms with E-state index in [0.717, 1.165) is 43.6 Å². The molecule has 2 amide bonds. The Morgan fingerprint density at radius 2 is 1.41 bits per heavy atom. The Kier molecular flexibility index (Phi) is 3.08. The van der Waals surface area contributed by atoms with Gasteiger partial charge in [-0.15, -0.1) is 0 Å². The SMILES string of the molecule is [N-]=[N+]=NC1C2CC([C@H]1O)n1c3ccccc3c3c4c(c5c6ccccc6n2c5c31)C(=O)NC4=O. The lowest BCUT2D eigenvalue weighted by Gasteiger charge is -2.24. The van der Waals surface area contributed by atoms with Gasteiger partial charge in [-0.05, 0) is 24.1 Å². The van der Waals surface area contributed by atoms with E-state index in [-0.39, 0.29) is 12.1 Å². The summed E-state index contributed by atoms with van der Waals surface area (Å²) >= 11 is 0. The molecule has 1 saturated carbocycles. The number of carbonyl (C=O) groups excluding carboxylic acids is 2. The average Bonchev–Trinajstić information content (AvgIpc) is 3.50. The first kappa shape index (κ1) is 18.1. The van der Waals surface area contributed by atoms with Crippen molar-refractivity contribution >= 4 is 55.4 Å². The number of benzene rings is 3. The molecule has 9 heteroatoms. The largest absolute Gasteiger partial charge is 0.390 e. The summed E-state index contributed by atoms with van der Waals surface area (Å²) < 4.78 is 4.24. The molecular formula is C25H16N6O3. The van der Waals surface area contributed by atoms with Crippen LogP contribution in [0.1, 0.15) is 39.2 Å². The number of hydrogen-bond donors (Lipinski definition) is 2. The third-order valence-electron chi connectivity index (χ3n) is 7.95. The summed E-state index contributed by atoms with van der Waals surface area (Å²) in [6.45, 7) is 0. The minimum atomic E-state index is -0.895. The van der Waals surface area contributed by atoms with Gasteiger partial charge in [0.05, 0.1) is 40.3 Å². The van der Waals surface area contributed by atoms with Gasteiger partial charge in [0.1, 0.15) is 0 Å². The molecule has 5 aromatic rings. The van der Waals surface area contributed by atoms with E-state index < -0.39 is 24.0 Å². The van der Waals surface area contributed by atoms with Gasteiger partial charge in [0.15, 0.2) is 0 Å². The summed E-state index contributed by atoms with van der Waals surface area (Å²) in [7, 11) is 0. The zero-order chi connectivity index (χ0) is 22.9. The van der Waals surface area contributed by atoms with Crippen LogP contribution in [0.3, 0.4) is 0 Å². The van der Waals surface area contributed by atoms with Crippen molar-refractivity contribution in [3.8, 4) is 0 Å². The van der Waals surface area contributed by atoms with Crippen LogP contribution in [-0.4, -0.2) is 38.2 Å². The number of carbonyl (C=O) groups is 2. The molecule has 0 spiro atoms. The number of aliphatic hydroxyl groups is 1. The first-order valence-corrected chi connectivity index (χ1v) is 11.2. The van der Waals surface area contributed by atoms with Crippen molar-refractivity contribution in [3.63, 3.8) is 0 Å². The second kappa shape index (κ2) is 5.77. The van der Waals surface area contributed by atoms with Gasteiger partial charge in [0.2, 0.25) is 0 Å². The highest BCUT2D eigenvalue weighted by Crippen LogP contribution is 2.54. The zero-order valence-electron chi connectivity index (χ0n) is 17.6. The molecule has 34 heavy (non-hydrogen) atoms. The molecule has 0 radical (unpaired) electrons. The Balaban J connectivity index is 1.76. The molecule has 4 atom stereocenters. The second-order valence-electron chi connectivity index (χ2n) is 9.31. The van der Waals surface area contributed by atoms with Crippen molar-refractivity contribution < 1.29 is 14.7 Å². The molecular weight excluding hydrogens is 432 g/mol. The summed E-state index contributed by atoms with van der Waals surface area (Å²) in [5.74, 6) is -0.800. The van der Waals surface area contributed by atoms with Gasteiger partial charge in [-0.2, -0.15) is 0 Å². The van der Waals surface area contributed by atoms with E-state index >= 15 is 0 Å². The smallest absolute Gasteiger partial charge is 0.259 e. The van der Waals surface area contributed by atoms with Crippen molar-refractivity contribution in [3.05, 3.63) is 70.1 Å². The summed E-state index contributed by atoms with van der Waals surface area (Å²) in [5.41, 5.74) is 13.5. The minimum absolute atomic E-state index is 0.293. The number of imide groups is 1. The lowest BCUT2D eigenvalue weighted by Crippen LogP contribution is -2.30. The van der Waals surface area contributed by atoms with E-state index in [1.165, 1.54) is 0 Å². The maximum Gasteiger partial charge on any atom is 0.259 e. The van der Waals surface area contributed by atoms with Crippen molar-refractivity contribution in [2.75, 3.05) is 0 Å². The Morgan fingerprint density at radius 1 is 0.882 bits per heavy atom. The molecule has 2 aromatic heterocycles. The van der Waals surface area contributed by atoms with E-state index in [9.17, 15) is 20.2 Å². The van der Waals surface area contributed by atoms with E-state index in [2.05, 4.69) is 24.5 Å². The summed E-state index contributed by atoms with van der Waals surface area (Å²) in [4.78, 5) is 29.4. The van der Waals surface area contributed by atoms with E-state index in [4.69, 9.17) is 0 Å². The van der Waals surface area contributed by atoms with Crippen LogP contribution in [0, 0.1) is 0 Å². The maximum absolute atomic E-state index is 13.2. The number of rotatable bonds is 1. The van der Waals surface area contributed by atoms with Crippen LogP contribution in [0.4, 0.5) is 0 Å². The number of aromatic nitrogens is 2. The quantitative estimate of drug-likeness (QED) is 0.172. The van der Waals surface area contributed by atoms with Gasteiger partial charge in [-0.25, -0.2) is 0 Å². The molecule has 1 fully saturated rings. The number of azide groups is 1. The normalized spacial score (nSPS) is 24.9. The van der Waals surface area contributed by atoms with Crippen molar-refractivity contribution in [2.45, 2.75) is 30.7 Å². The molecule has 9 nitrogen and oxygen atoms in total. The Labute approximate surface area is 190 Å². The Hall–Kier alpha value is -4.33. The van der Waals surface area contributed by atoms with Crippen LogP contribution in [0.15, 0.2) is 53.6 Å². The van der Waals surface area contributed by atoms with Crippen molar-refractivity contribution in [1.82, 2.24) is 14.5 Å². The van der Waals surface area contributed by atoms with Crippen LogP contribution >= 0.6 is 0 Å². The number of para-hydroxylation sites is 2. The van der Waals surface area contributed by atoms with Crippen molar-refractivity contribution in [1.29, 1.82) is 0 Å². The van der Waals surface area contributed by atoms with E-state index in [0.29, 0.717) is 17.5 Å². The summed E-state index contributed by atoms with van der Waals surface area (Å²) in [5, 5.41) is 21.1. The van der Waals surface area contributed by atoms with Crippen molar-refractivity contribution in [2.24, 2.45) is 5.11 Å². The van der Waals surface area contributed by atoms with Gasteiger partial charge in [-0.3, -0.25) is 14.9 Å². The maximum atomic E-state index is 13.2. The molecule has 2 aliphatic heterocycles. The Bertz CT molecular complexity index is 1860. The molecule has 1 aliphatic carbocycles. The molecule has 4 heterocycles. The molecule has 0 saturated heterocycles.